The molecule has 0 radical (unpaired) electrons. The number of fused-ring (bicyclic) bond motifs is 1. The number of nitrogens with zero attached hydrogens (tertiary/aromatic N) is 2. The molecule has 0 fully saturated rings. The van der Waals surface area contributed by atoms with Crippen LogP contribution in [-0.4, -0.2) is 30.1 Å². The van der Waals surface area contributed by atoms with Gasteiger partial charge in [0.1, 0.15) is 5.01 Å². The van der Waals surface area contributed by atoms with E-state index in [2.05, 4.69) is 15.3 Å². The van der Waals surface area contributed by atoms with Crippen molar-refractivity contribution in [2.75, 3.05) is 14.2 Å². The predicted octanol–water partition coefficient (Wildman–Crippen LogP) is 3.57. The lowest BCUT2D eigenvalue weighted by atomic mass is 10.1. The fourth-order valence-electron chi connectivity index (χ4n) is 3.49. The molecule has 0 spiro atoms. The van der Waals surface area contributed by atoms with Gasteiger partial charge in [0.25, 0.3) is 0 Å². The average molecular weight is 395 g/mol. The number of hydrogen-bond donors (Lipinski definition) is 1. The van der Waals surface area contributed by atoms with Gasteiger partial charge in [-0.2, -0.15) is 0 Å². The molecule has 1 N–H and O–H groups in total. The maximum absolute atomic E-state index is 12.6. The van der Waals surface area contributed by atoms with E-state index < -0.39 is 0 Å². The zero-order chi connectivity index (χ0) is 19.5. The average Bonchev–Trinajstić information content (AvgIpc) is 3.34. The lowest BCUT2D eigenvalue weighted by Gasteiger charge is -2.16. The molecule has 0 saturated heterocycles. The number of hydrogen-bond acceptors (Lipinski definition) is 6. The van der Waals surface area contributed by atoms with Crippen molar-refractivity contribution in [1.29, 1.82) is 0 Å². The normalized spacial score (nSPS) is 15.1. The number of rotatable bonds is 6. The number of aromatic nitrogens is 2. The summed E-state index contributed by atoms with van der Waals surface area (Å²) in [6, 6.07) is 9.66. The first-order valence-corrected chi connectivity index (χ1v) is 9.96. The van der Waals surface area contributed by atoms with E-state index >= 15 is 0 Å². The molecular weight excluding hydrogens is 374 g/mol. The highest BCUT2D eigenvalue weighted by Crippen LogP contribution is 2.39. The highest BCUT2D eigenvalue weighted by molar-refractivity contribution is 7.13. The summed E-state index contributed by atoms with van der Waals surface area (Å²) in [5.41, 5.74) is 3.87. The van der Waals surface area contributed by atoms with Crippen LogP contribution in [0.1, 0.15) is 29.3 Å². The zero-order valence-electron chi connectivity index (χ0n) is 15.8. The van der Waals surface area contributed by atoms with Crippen LogP contribution in [0.5, 0.6) is 11.5 Å². The number of benzene rings is 1. The SMILES string of the molecule is COc1cc2c(cc1OC)[C@H](NC(=O)Cc1csc(-c3ccccn3)n1)CC2. The Balaban J connectivity index is 1.44. The van der Waals surface area contributed by atoms with Crippen molar-refractivity contribution in [3.8, 4) is 22.2 Å². The van der Waals surface area contributed by atoms with Crippen molar-refractivity contribution in [1.82, 2.24) is 15.3 Å². The van der Waals surface area contributed by atoms with Gasteiger partial charge in [-0.05, 0) is 48.2 Å². The fourth-order valence-corrected chi connectivity index (χ4v) is 4.28. The van der Waals surface area contributed by atoms with Gasteiger partial charge in [0.2, 0.25) is 5.91 Å². The van der Waals surface area contributed by atoms with Crippen molar-refractivity contribution in [2.24, 2.45) is 0 Å². The summed E-state index contributed by atoms with van der Waals surface area (Å²) >= 11 is 1.50. The Morgan fingerprint density at radius 1 is 1.25 bits per heavy atom. The molecule has 2 aromatic heterocycles. The summed E-state index contributed by atoms with van der Waals surface area (Å²) < 4.78 is 10.8. The van der Waals surface area contributed by atoms with E-state index in [1.807, 2.05) is 35.7 Å². The first-order valence-electron chi connectivity index (χ1n) is 9.08. The Morgan fingerprint density at radius 3 is 2.82 bits per heavy atom. The van der Waals surface area contributed by atoms with E-state index in [1.54, 1.807) is 20.4 Å². The largest absolute Gasteiger partial charge is 0.493 e. The third kappa shape index (κ3) is 3.71. The molecule has 1 aromatic carbocycles. The van der Waals surface area contributed by atoms with Crippen LogP contribution in [0.25, 0.3) is 10.7 Å². The first-order chi connectivity index (χ1) is 13.7. The number of aryl methyl sites for hydroxylation is 1. The van der Waals surface area contributed by atoms with Crippen LogP contribution in [0.2, 0.25) is 0 Å². The topological polar surface area (TPSA) is 73.3 Å². The number of nitrogens with one attached hydrogen (secondary N) is 1. The lowest BCUT2D eigenvalue weighted by molar-refractivity contribution is -0.121. The maximum atomic E-state index is 12.6. The van der Waals surface area contributed by atoms with Gasteiger partial charge >= 0.3 is 0 Å². The molecular formula is C21H21N3O3S. The molecule has 4 rings (SSSR count). The molecule has 0 saturated carbocycles. The van der Waals surface area contributed by atoms with Gasteiger partial charge in [-0.1, -0.05) is 6.07 Å². The molecule has 0 unspecified atom stereocenters. The molecule has 0 aliphatic heterocycles. The summed E-state index contributed by atoms with van der Waals surface area (Å²) in [7, 11) is 3.25. The molecule has 28 heavy (non-hydrogen) atoms. The van der Waals surface area contributed by atoms with Crippen LogP contribution < -0.4 is 14.8 Å². The van der Waals surface area contributed by atoms with Crippen LogP contribution in [0.3, 0.4) is 0 Å². The van der Waals surface area contributed by atoms with Gasteiger partial charge in [0.15, 0.2) is 11.5 Å². The molecule has 144 valence electrons. The molecule has 7 heteroatoms. The van der Waals surface area contributed by atoms with E-state index in [9.17, 15) is 4.79 Å². The monoisotopic (exact) mass is 395 g/mol. The highest BCUT2D eigenvalue weighted by Gasteiger charge is 2.26. The van der Waals surface area contributed by atoms with Crippen LogP contribution in [-0.2, 0) is 17.6 Å². The highest BCUT2D eigenvalue weighted by atomic mass is 32.1. The molecule has 6 nitrogen and oxygen atoms in total. The van der Waals surface area contributed by atoms with E-state index in [-0.39, 0.29) is 18.4 Å². The van der Waals surface area contributed by atoms with Crippen molar-refractivity contribution < 1.29 is 14.3 Å². The number of ether oxygens (including phenoxy) is 2. The summed E-state index contributed by atoms with van der Waals surface area (Å²) in [5, 5.41) is 5.88. The lowest BCUT2D eigenvalue weighted by Crippen LogP contribution is -2.28. The van der Waals surface area contributed by atoms with Gasteiger partial charge in [-0.25, -0.2) is 4.98 Å². The Kier molecular flexibility index (Phi) is 5.25. The van der Waals surface area contributed by atoms with Gasteiger partial charge in [0.05, 0.1) is 38.1 Å². The first kappa shape index (κ1) is 18.4. The second kappa shape index (κ2) is 7.98. The molecule has 0 bridgehead atoms. The Labute approximate surface area is 167 Å². The molecule has 2 heterocycles. The van der Waals surface area contributed by atoms with Crippen LogP contribution in [0.15, 0.2) is 41.9 Å². The number of thiazole rings is 1. The molecule has 1 aliphatic carbocycles. The van der Waals surface area contributed by atoms with Gasteiger partial charge in [0, 0.05) is 11.6 Å². The zero-order valence-corrected chi connectivity index (χ0v) is 16.6. The maximum Gasteiger partial charge on any atom is 0.226 e. The van der Waals surface area contributed by atoms with E-state index in [0.717, 1.165) is 40.6 Å². The number of pyridine rings is 1. The van der Waals surface area contributed by atoms with E-state index in [4.69, 9.17) is 9.47 Å². The van der Waals surface area contributed by atoms with E-state index in [1.165, 1.54) is 16.9 Å². The summed E-state index contributed by atoms with van der Waals surface area (Å²) in [6.07, 6.45) is 3.77. The van der Waals surface area contributed by atoms with Crippen molar-refractivity contribution in [2.45, 2.75) is 25.3 Å². The standard InChI is InChI=1S/C21H21N3O3S/c1-26-18-9-13-6-7-16(15(13)11-19(18)27-2)24-20(25)10-14-12-28-21(23-14)17-5-3-4-8-22-17/h3-5,8-9,11-12,16H,6-7,10H2,1-2H3,(H,24,25)/t16-/m1/s1. The second-order valence-corrected chi connectivity index (χ2v) is 7.46. The third-order valence-electron chi connectivity index (χ3n) is 4.84. The molecule has 3 aromatic rings. The Morgan fingerprint density at radius 2 is 2.07 bits per heavy atom. The summed E-state index contributed by atoms with van der Waals surface area (Å²) in [4.78, 5) is 21.4. The minimum absolute atomic E-state index is 0.0174. The minimum atomic E-state index is -0.0366. The third-order valence-corrected chi connectivity index (χ3v) is 5.75. The number of carbonyl (C=O) groups excluding carboxylic acids is 1. The van der Waals surface area contributed by atoms with Crippen LogP contribution in [0.4, 0.5) is 0 Å². The Hall–Kier alpha value is -2.93. The molecule has 1 aliphatic rings. The molecule has 1 atom stereocenters. The minimum Gasteiger partial charge on any atom is -0.493 e. The summed E-state index contributed by atoms with van der Waals surface area (Å²) in [5.74, 6) is 1.37. The number of amides is 1. The van der Waals surface area contributed by atoms with Crippen molar-refractivity contribution in [3.05, 3.63) is 58.7 Å². The van der Waals surface area contributed by atoms with Gasteiger partial charge < -0.3 is 14.8 Å². The van der Waals surface area contributed by atoms with Crippen molar-refractivity contribution in [3.63, 3.8) is 0 Å². The summed E-state index contributed by atoms with van der Waals surface area (Å²) in [6.45, 7) is 0. The smallest absolute Gasteiger partial charge is 0.226 e. The number of methoxy groups -OCH3 is 2. The van der Waals surface area contributed by atoms with Crippen LogP contribution in [0, 0.1) is 0 Å². The fraction of sp³-hybridized carbons (Fsp3) is 0.286. The second-order valence-electron chi connectivity index (χ2n) is 6.60. The van der Waals surface area contributed by atoms with Crippen LogP contribution >= 0.6 is 11.3 Å². The quantitative estimate of drug-likeness (QED) is 0.691. The van der Waals surface area contributed by atoms with Gasteiger partial charge in [-0.3, -0.25) is 9.78 Å². The predicted molar refractivity (Wildman–Crippen MR) is 108 cm³/mol. The molecule has 1 amide bonds. The van der Waals surface area contributed by atoms with E-state index in [0.29, 0.717) is 5.75 Å². The van der Waals surface area contributed by atoms with Gasteiger partial charge in [-0.15, -0.1) is 11.3 Å². The number of carbonyl (C=O) groups is 1. The van der Waals surface area contributed by atoms with Crippen molar-refractivity contribution >= 4 is 17.2 Å². The Bertz CT molecular complexity index is 988.